The van der Waals surface area contributed by atoms with Crippen molar-refractivity contribution < 1.29 is 24.5 Å². The van der Waals surface area contributed by atoms with E-state index in [2.05, 4.69) is 5.32 Å². The van der Waals surface area contributed by atoms with Crippen LogP contribution in [0.2, 0.25) is 0 Å². The van der Waals surface area contributed by atoms with Crippen molar-refractivity contribution in [3.05, 3.63) is 59.7 Å². The Morgan fingerprint density at radius 1 is 1.14 bits per heavy atom. The molecule has 0 aliphatic carbocycles. The number of carbonyl (C=O) groups excluding carboxylic acids is 2. The number of hydrogen-bond donors (Lipinski definition) is 3. The van der Waals surface area contributed by atoms with E-state index in [1.54, 1.807) is 29.2 Å². The fourth-order valence-electron chi connectivity index (χ4n) is 3.61. The van der Waals surface area contributed by atoms with Crippen molar-refractivity contribution in [1.29, 1.82) is 0 Å². The van der Waals surface area contributed by atoms with Gasteiger partial charge in [0.25, 0.3) is 11.8 Å². The maximum absolute atomic E-state index is 12.4. The van der Waals surface area contributed by atoms with Gasteiger partial charge in [-0.05, 0) is 30.3 Å². The van der Waals surface area contributed by atoms with Crippen LogP contribution in [0.3, 0.4) is 0 Å². The van der Waals surface area contributed by atoms with Gasteiger partial charge >= 0.3 is 0 Å². The largest absolute Gasteiger partial charge is 0.389 e. The van der Waals surface area contributed by atoms with E-state index >= 15 is 0 Å². The number of morpholine rings is 1. The zero-order valence-electron chi connectivity index (χ0n) is 15.8. The molecule has 0 aromatic heterocycles. The third-order valence-corrected chi connectivity index (χ3v) is 5.14. The second-order valence-electron chi connectivity index (χ2n) is 7.10. The number of ether oxygens (including phenoxy) is 1. The summed E-state index contributed by atoms with van der Waals surface area (Å²) < 4.78 is 5.14. The lowest BCUT2D eigenvalue weighted by atomic mass is 10.1. The van der Waals surface area contributed by atoms with E-state index in [-0.39, 0.29) is 31.5 Å². The second kappa shape index (κ2) is 8.20. The third kappa shape index (κ3) is 3.95. The molecular formula is C21H23N3O5. The van der Waals surface area contributed by atoms with Gasteiger partial charge in [-0.25, -0.2) is 0 Å². The molecule has 8 nitrogen and oxygen atoms in total. The highest BCUT2D eigenvalue weighted by molar-refractivity contribution is 5.99. The Morgan fingerprint density at radius 3 is 2.62 bits per heavy atom. The first-order valence-electron chi connectivity index (χ1n) is 9.52. The number of anilines is 2. The highest BCUT2D eigenvalue weighted by Crippen LogP contribution is 2.31. The van der Waals surface area contributed by atoms with Crippen LogP contribution < -0.4 is 10.2 Å². The van der Waals surface area contributed by atoms with Crippen molar-refractivity contribution >= 4 is 23.2 Å². The molecule has 2 aliphatic heterocycles. The standard InChI is InChI=1S/C21H23N3O5/c25-16(12-24-20(27)17-3-1-2-4-18(17)21(24)28)11-22-14-5-7-15(8-6-14)23-9-10-29-13-19(23)26/h1-8,16,20,22,25,27H,9-13H2. The highest BCUT2D eigenvalue weighted by Gasteiger charge is 2.35. The van der Waals surface area contributed by atoms with E-state index < -0.39 is 12.3 Å². The summed E-state index contributed by atoms with van der Waals surface area (Å²) in [5.74, 6) is -0.353. The van der Waals surface area contributed by atoms with E-state index in [0.717, 1.165) is 11.4 Å². The maximum atomic E-state index is 12.4. The summed E-state index contributed by atoms with van der Waals surface area (Å²) >= 11 is 0. The fourth-order valence-corrected chi connectivity index (χ4v) is 3.61. The molecule has 0 spiro atoms. The first kappa shape index (κ1) is 19.4. The summed E-state index contributed by atoms with van der Waals surface area (Å²) in [5.41, 5.74) is 2.61. The average molecular weight is 397 g/mol. The van der Waals surface area contributed by atoms with Gasteiger partial charge in [0.1, 0.15) is 6.61 Å². The SMILES string of the molecule is O=C1COCCN1c1ccc(NCC(O)CN2C(=O)c3ccccc3C2O)cc1. The Hall–Kier alpha value is -2.94. The number of hydrogen-bond acceptors (Lipinski definition) is 6. The average Bonchev–Trinajstić information content (AvgIpc) is 2.98. The summed E-state index contributed by atoms with van der Waals surface area (Å²) in [6.45, 7) is 1.36. The number of fused-ring (bicyclic) bond motifs is 1. The van der Waals surface area contributed by atoms with E-state index in [0.29, 0.717) is 24.3 Å². The van der Waals surface area contributed by atoms with Gasteiger partial charge in [-0.15, -0.1) is 0 Å². The number of β-amino-alcohol motifs (C(OH)–C–C–N with tert-alkyl or cyclic N) is 1. The fraction of sp³-hybridized carbons (Fsp3) is 0.333. The van der Waals surface area contributed by atoms with Crippen molar-refractivity contribution in [3.8, 4) is 0 Å². The number of nitrogens with one attached hydrogen (secondary N) is 1. The lowest BCUT2D eigenvalue weighted by molar-refractivity contribution is -0.125. The molecule has 2 heterocycles. The van der Waals surface area contributed by atoms with E-state index in [1.165, 1.54) is 4.90 Å². The predicted molar refractivity (Wildman–Crippen MR) is 107 cm³/mol. The molecular weight excluding hydrogens is 374 g/mol. The molecule has 2 amide bonds. The molecule has 2 unspecified atom stereocenters. The number of nitrogens with zero attached hydrogens (tertiary/aromatic N) is 2. The Kier molecular flexibility index (Phi) is 5.48. The molecule has 4 rings (SSSR count). The van der Waals surface area contributed by atoms with Gasteiger partial charge in [0.15, 0.2) is 6.23 Å². The molecule has 0 saturated carbocycles. The number of carbonyl (C=O) groups is 2. The molecule has 0 bridgehead atoms. The molecule has 1 saturated heterocycles. The van der Waals surface area contributed by atoms with E-state index in [9.17, 15) is 19.8 Å². The van der Waals surface area contributed by atoms with Crippen molar-refractivity contribution in [1.82, 2.24) is 4.90 Å². The van der Waals surface area contributed by atoms with Crippen LogP contribution in [0.25, 0.3) is 0 Å². The lowest BCUT2D eigenvalue weighted by Gasteiger charge is -2.27. The quantitative estimate of drug-likeness (QED) is 0.671. The van der Waals surface area contributed by atoms with Gasteiger partial charge < -0.3 is 30.1 Å². The minimum Gasteiger partial charge on any atom is -0.389 e. The number of amides is 2. The molecule has 29 heavy (non-hydrogen) atoms. The van der Waals surface area contributed by atoms with Crippen LogP contribution in [0.4, 0.5) is 11.4 Å². The van der Waals surface area contributed by atoms with Crippen LogP contribution in [0, 0.1) is 0 Å². The molecule has 0 radical (unpaired) electrons. The van der Waals surface area contributed by atoms with Crippen molar-refractivity contribution in [3.63, 3.8) is 0 Å². The molecule has 2 aromatic rings. The summed E-state index contributed by atoms with van der Waals surface area (Å²) in [5, 5.41) is 23.8. The minimum atomic E-state index is -1.04. The van der Waals surface area contributed by atoms with Crippen LogP contribution >= 0.6 is 0 Å². The number of aliphatic hydroxyl groups excluding tert-OH is 2. The first-order valence-corrected chi connectivity index (χ1v) is 9.52. The van der Waals surface area contributed by atoms with Gasteiger partial charge in [0, 0.05) is 35.6 Å². The normalized spacial score (nSPS) is 20.0. The second-order valence-corrected chi connectivity index (χ2v) is 7.10. The number of aliphatic hydroxyl groups is 2. The van der Waals surface area contributed by atoms with Gasteiger partial charge in [-0.2, -0.15) is 0 Å². The van der Waals surface area contributed by atoms with Crippen molar-refractivity contribution in [2.45, 2.75) is 12.3 Å². The number of rotatable bonds is 6. The molecule has 1 fully saturated rings. The van der Waals surface area contributed by atoms with Crippen LogP contribution in [0.15, 0.2) is 48.5 Å². The van der Waals surface area contributed by atoms with Crippen LogP contribution in [-0.4, -0.2) is 65.9 Å². The zero-order valence-corrected chi connectivity index (χ0v) is 15.8. The molecule has 8 heteroatoms. The smallest absolute Gasteiger partial charge is 0.256 e. The summed E-state index contributed by atoms with van der Waals surface area (Å²) in [4.78, 5) is 27.3. The van der Waals surface area contributed by atoms with E-state index in [1.807, 2.05) is 24.3 Å². The summed E-state index contributed by atoms with van der Waals surface area (Å²) in [6, 6.07) is 14.2. The van der Waals surface area contributed by atoms with Gasteiger partial charge in [-0.3, -0.25) is 9.59 Å². The molecule has 3 N–H and O–H groups in total. The zero-order chi connectivity index (χ0) is 20.4. The molecule has 2 atom stereocenters. The predicted octanol–water partition coefficient (Wildman–Crippen LogP) is 0.969. The van der Waals surface area contributed by atoms with Crippen LogP contribution in [0.1, 0.15) is 22.1 Å². The topological polar surface area (TPSA) is 102 Å². The van der Waals surface area contributed by atoms with Crippen LogP contribution in [-0.2, 0) is 9.53 Å². The van der Waals surface area contributed by atoms with E-state index in [4.69, 9.17) is 4.74 Å². The monoisotopic (exact) mass is 397 g/mol. The lowest BCUT2D eigenvalue weighted by Crippen LogP contribution is -2.41. The maximum Gasteiger partial charge on any atom is 0.256 e. The minimum absolute atomic E-state index is 0.0159. The summed E-state index contributed by atoms with van der Waals surface area (Å²) in [6.07, 6.45) is -1.90. The van der Waals surface area contributed by atoms with Crippen molar-refractivity contribution in [2.24, 2.45) is 0 Å². The highest BCUT2D eigenvalue weighted by atomic mass is 16.5. The molecule has 152 valence electrons. The summed E-state index contributed by atoms with van der Waals surface area (Å²) in [7, 11) is 0. The van der Waals surface area contributed by atoms with Gasteiger partial charge in [0.2, 0.25) is 0 Å². The van der Waals surface area contributed by atoms with Crippen molar-refractivity contribution in [2.75, 3.05) is 43.1 Å². The Labute approximate surface area is 168 Å². The third-order valence-electron chi connectivity index (χ3n) is 5.14. The Morgan fingerprint density at radius 2 is 1.90 bits per heavy atom. The van der Waals surface area contributed by atoms with Gasteiger partial charge in [-0.1, -0.05) is 18.2 Å². The van der Waals surface area contributed by atoms with Gasteiger partial charge in [0.05, 0.1) is 19.3 Å². The number of benzene rings is 2. The Balaban J connectivity index is 1.31. The molecule has 2 aromatic carbocycles. The van der Waals surface area contributed by atoms with Crippen LogP contribution in [0.5, 0.6) is 0 Å². The Bertz CT molecular complexity index is 901. The molecule has 2 aliphatic rings. The first-order chi connectivity index (χ1) is 14.0.